The summed E-state index contributed by atoms with van der Waals surface area (Å²) in [5.41, 5.74) is 4.78. The van der Waals surface area contributed by atoms with Crippen LogP contribution in [0.3, 0.4) is 0 Å². The first kappa shape index (κ1) is 25.0. The number of fused-ring (bicyclic) bond motifs is 2. The molecule has 0 radical (unpaired) electrons. The van der Waals surface area contributed by atoms with Crippen molar-refractivity contribution in [2.45, 2.75) is 16.7 Å². The highest BCUT2D eigenvalue weighted by atomic mass is 32.2. The summed E-state index contributed by atoms with van der Waals surface area (Å²) in [6, 6.07) is 10.5. The Morgan fingerprint density at radius 2 is 1.39 bits per heavy atom. The SMILES string of the molecule is CC(=O)Nc1ccc(Nc2ccc(N)c3c2C(=O)c2ccc(S(=O)(=O)O)c(S(=O)(=O)O)c2C3=O)cc1. The van der Waals surface area contributed by atoms with Gasteiger partial charge in [0.05, 0.1) is 22.4 Å². The maximum Gasteiger partial charge on any atom is 0.296 e. The van der Waals surface area contributed by atoms with Gasteiger partial charge in [-0.25, -0.2) is 0 Å². The van der Waals surface area contributed by atoms with Gasteiger partial charge in [0.2, 0.25) is 5.91 Å². The summed E-state index contributed by atoms with van der Waals surface area (Å²) >= 11 is 0. The molecule has 36 heavy (non-hydrogen) atoms. The molecule has 0 saturated heterocycles. The number of hydrogen-bond donors (Lipinski definition) is 5. The number of amides is 1. The fraction of sp³-hybridized carbons (Fsp3) is 0.0455. The zero-order valence-corrected chi connectivity index (χ0v) is 19.9. The van der Waals surface area contributed by atoms with E-state index < -0.39 is 58.3 Å². The normalized spacial score (nSPS) is 13.1. The third-order valence-electron chi connectivity index (χ3n) is 5.31. The van der Waals surface area contributed by atoms with Crippen LogP contribution in [0, 0.1) is 0 Å². The standard InChI is InChI=1S/C22H17N3O9S2/c1-10(26)24-11-2-4-12(5-3-11)25-15-8-7-14(23)18-19(15)20(27)13-6-9-16(35(29,30)31)22(36(32,33)34)17(13)21(18)28/h2-9,25H,23H2,1H3,(H,24,26)(H,29,30,31)(H,32,33,34). The molecule has 1 aliphatic rings. The molecule has 1 amide bonds. The van der Waals surface area contributed by atoms with E-state index >= 15 is 0 Å². The minimum atomic E-state index is -5.40. The molecule has 12 nitrogen and oxygen atoms in total. The highest BCUT2D eigenvalue weighted by Crippen LogP contribution is 2.40. The van der Waals surface area contributed by atoms with E-state index in [1.54, 1.807) is 24.3 Å². The zero-order chi connectivity index (χ0) is 26.6. The first-order valence-electron chi connectivity index (χ1n) is 9.98. The van der Waals surface area contributed by atoms with Crippen LogP contribution < -0.4 is 16.4 Å². The molecule has 0 saturated carbocycles. The average molecular weight is 532 g/mol. The molecule has 6 N–H and O–H groups in total. The number of anilines is 4. The Hall–Kier alpha value is -4.11. The zero-order valence-electron chi connectivity index (χ0n) is 18.3. The van der Waals surface area contributed by atoms with E-state index in [9.17, 15) is 40.3 Å². The molecule has 0 fully saturated rings. The van der Waals surface area contributed by atoms with Gasteiger partial charge in [0.1, 0.15) is 9.79 Å². The van der Waals surface area contributed by atoms with E-state index in [1.807, 2.05) is 0 Å². The smallest absolute Gasteiger partial charge is 0.296 e. The van der Waals surface area contributed by atoms with Gasteiger partial charge in [0.15, 0.2) is 11.6 Å². The predicted molar refractivity (Wildman–Crippen MR) is 128 cm³/mol. The third kappa shape index (κ3) is 4.33. The number of hydrogen-bond acceptors (Lipinski definition) is 9. The predicted octanol–water partition coefficient (Wildman–Crippen LogP) is 2.24. The molecule has 3 aromatic carbocycles. The number of carbonyl (C=O) groups is 3. The Balaban J connectivity index is 1.90. The van der Waals surface area contributed by atoms with E-state index in [-0.39, 0.29) is 22.8 Å². The summed E-state index contributed by atoms with van der Waals surface area (Å²) in [6.45, 7) is 1.35. The van der Waals surface area contributed by atoms with Crippen LogP contribution in [0.5, 0.6) is 0 Å². The lowest BCUT2D eigenvalue weighted by Gasteiger charge is -2.24. The molecule has 0 atom stereocenters. The Morgan fingerprint density at radius 3 is 1.94 bits per heavy atom. The lowest BCUT2D eigenvalue weighted by Crippen LogP contribution is -2.27. The molecule has 14 heteroatoms. The molecular formula is C22H17N3O9S2. The Morgan fingerprint density at radius 1 is 0.778 bits per heavy atom. The highest BCUT2D eigenvalue weighted by Gasteiger charge is 2.40. The van der Waals surface area contributed by atoms with Crippen molar-refractivity contribution in [3.8, 4) is 0 Å². The topological polar surface area (TPSA) is 210 Å². The lowest BCUT2D eigenvalue weighted by atomic mass is 9.82. The number of ketones is 2. The van der Waals surface area contributed by atoms with Gasteiger partial charge in [0, 0.05) is 29.5 Å². The summed E-state index contributed by atoms with van der Waals surface area (Å²) in [6.07, 6.45) is 0. The molecule has 0 bridgehead atoms. The Labute approximate surface area is 204 Å². The first-order chi connectivity index (χ1) is 16.7. The number of benzene rings is 3. The van der Waals surface area contributed by atoms with E-state index in [2.05, 4.69) is 10.6 Å². The summed E-state index contributed by atoms with van der Waals surface area (Å²) in [7, 11) is -10.6. The van der Waals surface area contributed by atoms with Gasteiger partial charge in [-0.15, -0.1) is 0 Å². The van der Waals surface area contributed by atoms with Gasteiger partial charge in [-0.05, 0) is 48.5 Å². The van der Waals surface area contributed by atoms with Crippen LogP contribution in [0.1, 0.15) is 38.8 Å². The second-order valence-electron chi connectivity index (χ2n) is 7.76. The largest absolute Gasteiger partial charge is 0.398 e. The van der Waals surface area contributed by atoms with E-state index in [4.69, 9.17) is 5.73 Å². The van der Waals surface area contributed by atoms with Crippen molar-refractivity contribution in [1.82, 2.24) is 0 Å². The monoisotopic (exact) mass is 531 g/mol. The highest BCUT2D eigenvalue weighted by molar-refractivity contribution is 7.89. The van der Waals surface area contributed by atoms with Crippen LogP contribution in [0.2, 0.25) is 0 Å². The minimum absolute atomic E-state index is 0.128. The van der Waals surface area contributed by atoms with Crippen LogP contribution in [-0.2, 0) is 25.0 Å². The summed E-state index contributed by atoms with van der Waals surface area (Å²) in [4.78, 5) is 35.4. The van der Waals surface area contributed by atoms with Crippen molar-refractivity contribution < 1.29 is 40.3 Å². The molecule has 0 unspecified atom stereocenters. The number of carbonyl (C=O) groups excluding carboxylic acids is 3. The summed E-state index contributed by atoms with van der Waals surface area (Å²) in [5, 5.41) is 5.55. The van der Waals surface area contributed by atoms with Gasteiger partial charge < -0.3 is 16.4 Å². The van der Waals surface area contributed by atoms with Crippen molar-refractivity contribution in [3.63, 3.8) is 0 Å². The molecule has 0 spiro atoms. The molecule has 186 valence electrons. The maximum absolute atomic E-state index is 13.4. The van der Waals surface area contributed by atoms with Gasteiger partial charge in [-0.3, -0.25) is 23.5 Å². The first-order valence-corrected chi connectivity index (χ1v) is 12.9. The quantitative estimate of drug-likeness (QED) is 0.186. The van der Waals surface area contributed by atoms with Crippen LogP contribution in [-0.4, -0.2) is 43.4 Å². The number of rotatable bonds is 5. The summed E-state index contributed by atoms with van der Waals surface area (Å²) in [5.74, 6) is -2.29. The van der Waals surface area contributed by atoms with E-state index in [1.165, 1.54) is 19.1 Å². The van der Waals surface area contributed by atoms with Crippen molar-refractivity contribution in [2.24, 2.45) is 0 Å². The lowest BCUT2D eigenvalue weighted by molar-refractivity contribution is -0.114. The van der Waals surface area contributed by atoms with Crippen molar-refractivity contribution in [2.75, 3.05) is 16.4 Å². The summed E-state index contributed by atoms with van der Waals surface area (Å²) < 4.78 is 66.8. The second-order valence-corrected chi connectivity index (χ2v) is 10.5. The van der Waals surface area contributed by atoms with Gasteiger partial charge in [0.25, 0.3) is 20.2 Å². The molecule has 4 rings (SSSR count). The second kappa shape index (κ2) is 8.53. The fourth-order valence-corrected chi connectivity index (χ4v) is 5.89. The number of nitrogens with two attached hydrogens (primary N) is 1. The molecule has 1 aliphatic carbocycles. The fourth-order valence-electron chi connectivity index (χ4n) is 3.90. The van der Waals surface area contributed by atoms with E-state index in [0.717, 1.165) is 6.07 Å². The minimum Gasteiger partial charge on any atom is -0.398 e. The average Bonchev–Trinajstić information content (AvgIpc) is 2.77. The van der Waals surface area contributed by atoms with Crippen molar-refractivity contribution in [3.05, 3.63) is 70.8 Å². The van der Waals surface area contributed by atoms with Crippen LogP contribution in [0.15, 0.2) is 58.3 Å². The molecule has 0 heterocycles. The number of nitrogen functional groups attached to an aromatic ring is 1. The van der Waals surface area contributed by atoms with Crippen molar-refractivity contribution in [1.29, 1.82) is 0 Å². The van der Waals surface area contributed by atoms with Gasteiger partial charge in [-0.2, -0.15) is 16.8 Å². The van der Waals surface area contributed by atoms with Crippen molar-refractivity contribution >= 4 is 60.5 Å². The van der Waals surface area contributed by atoms with Crippen LogP contribution in [0.25, 0.3) is 0 Å². The molecule has 3 aromatic rings. The maximum atomic E-state index is 13.4. The molecule has 0 aliphatic heterocycles. The number of nitrogens with one attached hydrogen (secondary N) is 2. The molecular weight excluding hydrogens is 514 g/mol. The Bertz CT molecular complexity index is 1700. The van der Waals surface area contributed by atoms with Gasteiger partial charge >= 0.3 is 0 Å². The van der Waals surface area contributed by atoms with Crippen LogP contribution >= 0.6 is 0 Å². The molecule has 0 aromatic heterocycles. The van der Waals surface area contributed by atoms with E-state index in [0.29, 0.717) is 17.4 Å². The van der Waals surface area contributed by atoms with Crippen LogP contribution in [0.4, 0.5) is 22.7 Å². The third-order valence-corrected chi connectivity index (χ3v) is 7.27. The van der Waals surface area contributed by atoms with Gasteiger partial charge in [-0.1, -0.05) is 0 Å². The Kier molecular flexibility index (Phi) is 5.92.